The van der Waals surface area contributed by atoms with Crippen LogP contribution in [-0.2, 0) is 6.18 Å². The summed E-state index contributed by atoms with van der Waals surface area (Å²) in [5.41, 5.74) is 0.229. The minimum absolute atomic E-state index is 0.138. The number of carbonyl (C=O) groups excluding carboxylic acids is 1. The molecule has 0 aliphatic heterocycles. The SMILES string of the molecule is Cc1cc(C(=O)Nc2ccc(C(F)(F)F)cc2)nc(NCC(C)C)n1. The Bertz CT molecular complexity index is 743. The zero-order valence-electron chi connectivity index (χ0n) is 14.1. The van der Waals surface area contributed by atoms with E-state index < -0.39 is 17.6 Å². The molecule has 1 heterocycles. The van der Waals surface area contributed by atoms with Gasteiger partial charge in [0.05, 0.1) is 5.56 Å². The van der Waals surface area contributed by atoms with Crippen LogP contribution in [0.3, 0.4) is 0 Å². The molecule has 1 amide bonds. The van der Waals surface area contributed by atoms with Crippen LogP contribution in [0.4, 0.5) is 24.8 Å². The molecule has 0 atom stereocenters. The molecule has 0 saturated carbocycles. The molecular formula is C17H19F3N4O. The van der Waals surface area contributed by atoms with Crippen LogP contribution in [0.1, 0.15) is 35.6 Å². The van der Waals surface area contributed by atoms with Crippen molar-refractivity contribution in [2.24, 2.45) is 5.92 Å². The largest absolute Gasteiger partial charge is 0.416 e. The zero-order valence-corrected chi connectivity index (χ0v) is 14.1. The van der Waals surface area contributed by atoms with E-state index in [4.69, 9.17) is 0 Å². The first-order valence-corrected chi connectivity index (χ1v) is 7.73. The van der Waals surface area contributed by atoms with E-state index in [-0.39, 0.29) is 11.4 Å². The first-order valence-electron chi connectivity index (χ1n) is 7.73. The van der Waals surface area contributed by atoms with Gasteiger partial charge in [0.2, 0.25) is 5.95 Å². The van der Waals surface area contributed by atoms with Gasteiger partial charge >= 0.3 is 6.18 Å². The number of alkyl halides is 3. The molecule has 0 unspecified atom stereocenters. The van der Waals surface area contributed by atoms with Crippen LogP contribution in [0.15, 0.2) is 30.3 Å². The summed E-state index contributed by atoms with van der Waals surface area (Å²) in [5.74, 6) is 0.206. The summed E-state index contributed by atoms with van der Waals surface area (Å²) in [6.07, 6.45) is -4.41. The molecule has 8 heteroatoms. The van der Waals surface area contributed by atoms with E-state index in [1.165, 1.54) is 18.2 Å². The van der Waals surface area contributed by atoms with E-state index >= 15 is 0 Å². The summed E-state index contributed by atoms with van der Waals surface area (Å²) >= 11 is 0. The lowest BCUT2D eigenvalue weighted by Crippen LogP contribution is -2.17. The van der Waals surface area contributed by atoms with E-state index in [2.05, 4.69) is 20.6 Å². The fraction of sp³-hybridized carbons (Fsp3) is 0.353. The van der Waals surface area contributed by atoms with Crippen LogP contribution >= 0.6 is 0 Å². The number of aromatic nitrogens is 2. The number of halogens is 3. The number of carbonyl (C=O) groups is 1. The van der Waals surface area contributed by atoms with Gasteiger partial charge in [-0.1, -0.05) is 13.8 Å². The number of rotatable bonds is 5. The fourth-order valence-electron chi connectivity index (χ4n) is 2.00. The highest BCUT2D eigenvalue weighted by Crippen LogP contribution is 2.29. The summed E-state index contributed by atoms with van der Waals surface area (Å²) < 4.78 is 37.7. The Balaban J connectivity index is 2.12. The van der Waals surface area contributed by atoms with Crippen molar-refractivity contribution in [2.75, 3.05) is 17.2 Å². The van der Waals surface area contributed by atoms with Crippen LogP contribution in [0, 0.1) is 12.8 Å². The summed E-state index contributed by atoms with van der Waals surface area (Å²) in [4.78, 5) is 20.6. The standard InChI is InChI=1S/C17H19F3N4O/c1-10(2)9-21-16-22-11(3)8-14(24-16)15(25)23-13-6-4-12(5-7-13)17(18,19)20/h4-8,10H,9H2,1-3H3,(H,23,25)(H,21,22,24). The van der Waals surface area contributed by atoms with E-state index in [0.717, 1.165) is 12.1 Å². The van der Waals surface area contributed by atoms with Crippen molar-refractivity contribution in [3.8, 4) is 0 Å². The van der Waals surface area contributed by atoms with Gasteiger partial charge in [-0.05, 0) is 43.2 Å². The first-order chi connectivity index (χ1) is 11.6. The van der Waals surface area contributed by atoms with E-state index in [1.54, 1.807) is 6.92 Å². The van der Waals surface area contributed by atoms with Crippen molar-refractivity contribution < 1.29 is 18.0 Å². The lowest BCUT2D eigenvalue weighted by atomic mass is 10.2. The zero-order chi connectivity index (χ0) is 18.6. The number of aryl methyl sites for hydroxylation is 1. The van der Waals surface area contributed by atoms with Crippen LogP contribution in [0.2, 0.25) is 0 Å². The summed E-state index contributed by atoms with van der Waals surface area (Å²) in [7, 11) is 0. The maximum absolute atomic E-state index is 12.6. The second kappa shape index (κ2) is 7.50. The Kier molecular flexibility index (Phi) is 5.61. The normalized spacial score (nSPS) is 11.5. The van der Waals surface area contributed by atoms with Crippen molar-refractivity contribution in [1.82, 2.24) is 9.97 Å². The number of benzene rings is 1. The highest BCUT2D eigenvalue weighted by atomic mass is 19.4. The minimum atomic E-state index is -4.41. The number of nitrogens with one attached hydrogen (secondary N) is 2. The monoisotopic (exact) mass is 352 g/mol. The molecule has 1 aromatic heterocycles. The molecule has 0 aliphatic rings. The van der Waals surface area contributed by atoms with Gasteiger partial charge in [-0.15, -0.1) is 0 Å². The average Bonchev–Trinajstić information content (AvgIpc) is 2.52. The van der Waals surface area contributed by atoms with Crippen molar-refractivity contribution in [3.05, 3.63) is 47.3 Å². The maximum atomic E-state index is 12.6. The average molecular weight is 352 g/mol. The molecule has 1 aromatic carbocycles. The molecule has 2 rings (SSSR count). The molecule has 2 N–H and O–H groups in total. The van der Waals surface area contributed by atoms with Gasteiger partial charge in [-0.2, -0.15) is 13.2 Å². The van der Waals surface area contributed by atoms with Crippen molar-refractivity contribution in [2.45, 2.75) is 26.9 Å². The molecule has 0 aliphatic carbocycles. The summed E-state index contributed by atoms with van der Waals surface area (Å²) in [6, 6.07) is 5.74. The van der Waals surface area contributed by atoms with Crippen molar-refractivity contribution in [3.63, 3.8) is 0 Å². The Morgan fingerprint density at radius 2 is 1.80 bits per heavy atom. The van der Waals surface area contributed by atoms with E-state index in [0.29, 0.717) is 24.1 Å². The first kappa shape index (κ1) is 18.7. The Morgan fingerprint density at radius 3 is 2.36 bits per heavy atom. The quantitative estimate of drug-likeness (QED) is 0.849. The third kappa shape index (κ3) is 5.44. The smallest absolute Gasteiger partial charge is 0.354 e. The molecule has 5 nitrogen and oxygen atoms in total. The predicted molar refractivity (Wildman–Crippen MR) is 89.5 cm³/mol. The number of anilines is 2. The minimum Gasteiger partial charge on any atom is -0.354 e. The van der Waals surface area contributed by atoms with Gasteiger partial charge in [0.25, 0.3) is 5.91 Å². The Labute approximate surface area is 143 Å². The molecule has 25 heavy (non-hydrogen) atoms. The molecule has 134 valence electrons. The highest BCUT2D eigenvalue weighted by Gasteiger charge is 2.30. The lowest BCUT2D eigenvalue weighted by molar-refractivity contribution is -0.137. The van der Waals surface area contributed by atoms with E-state index in [9.17, 15) is 18.0 Å². The Hall–Kier alpha value is -2.64. The molecule has 0 radical (unpaired) electrons. The molecule has 0 fully saturated rings. The summed E-state index contributed by atoms with van der Waals surface area (Å²) in [6.45, 7) is 6.45. The molecule has 2 aromatic rings. The van der Waals surface area contributed by atoms with Crippen molar-refractivity contribution in [1.29, 1.82) is 0 Å². The maximum Gasteiger partial charge on any atom is 0.416 e. The third-order valence-corrected chi connectivity index (χ3v) is 3.23. The van der Waals surface area contributed by atoms with Crippen molar-refractivity contribution >= 4 is 17.5 Å². The molecular weight excluding hydrogens is 333 g/mol. The van der Waals surface area contributed by atoms with Crippen LogP contribution in [-0.4, -0.2) is 22.4 Å². The van der Waals surface area contributed by atoms with Gasteiger partial charge in [-0.25, -0.2) is 9.97 Å². The number of nitrogens with zero attached hydrogens (tertiary/aromatic N) is 2. The topological polar surface area (TPSA) is 66.9 Å². The van der Waals surface area contributed by atoms with E-state index in [1.807, 2.05) is 13.8 Å². The molecule has 0 spiro atoms. The van der Waals surface area contributed by atoms with Crippen LogP contribution < -0.4 is 10.6 Å². The Morgan fingerprint density at radius 1 is 1.16 bits per heavy atom. The van der Waals surface area contributed by atoms with Gasteiger partial charge in [0.15, 0.2) is 0 Å². The van der Waals surface area contributed by atoms with Crippen LogP contribution in [0.5, 0.6) is 0 Å². The molecule has 0 saturated heterocycles. The van der Waals surface area contributed by atoms with Gasteiger partial charge < -0.3 is 10.6 Å². The molecule has 0 bridgehead atoms. The van der Waals surface area contributed by atoms with Gasteiger partial charge in [0.1, 0.15) is 5.69 Å². The van der Waals surface area contributed by atoms with Gasteiger partial charge in [0, 0.05) is 17.9 Å². The van der Waals surface area contributed by atoms with Crippen LogP contribution in [0.25, 0.3) is 0 Å². The number of hydrogen-bond acceptors (Lipinski definition) is 4. The van der Waals surface area contributed by atoms with Gasteiger partial charge in [-0.3, -0.25) is 4.79 Å². The fourth-order valence-corrected chi connectivity index (χ4v) is 2.00. The third-order valence-electron chi connectivity index (χ3n) is 3.23. The lowest BCUT2D eigenvalue weighted by Gasteiger charge is -2.11. The highest BCUT2D eigenvalue weighted by molar-refractivity contribution is 6.03. The summed E-state index contributed by atoms with van der Waals surface area (Å²) in [5, 5.41) is 5.57. The second-order valence-corrected chi connectivity index (χ2v) is 6.02. The predicted octanol–water partition coefficient (Wildman–Crippen LogP) is 4.12. The second-order valence-electron chi connectivity index (χ2n) is 6.02. The number of hydrogen-bond donors (Lipinski definition) is 2. The number of amides is 1.